The summed E-state index contributed by atoms with van der Waals surface area (Å²) in [7, 11) is 0. The number of anilines is 2. The van der Waals surface area contributed by atoms with E-state index in [1.165, 1.54) is 18.3 Å². The van der Waals surface area contributed by atoms with Crippen LogP contribution in [0.4, 0.5) is 20.5 Å². The molecule has 2 aliphatic heterocycles. The van der Waals surface area contributed by atoms with Crippen molar-refractivity contribution in [1.82, 2.24) is 14.9 Å². The van der Waals surface area contributed by atoms with Gasteiger partial charge in [-0.15, -0.1) is 0 Å². The Balaban J connectivity index is 1.70. The van der Waals surface area contributed by atoms with Crippen molar-refractivity contribution in [3.8, 4) is 0 Å². The molecule has 142 valence electrons. The Morgan fingerprint density at radius 1 is 1.33 bits per heavy atom. The number of fused-ring (bicyclic) bond motifs is 3. The predicted octanol–water partition coefficient (Wildman–Crippen LogP) is 2.81. The molecule has 1 fully saturated rings. The van der Waals surface area contributed by atoms with Crippen LogP contribution in [0.5, 0.6) is 0 Å². The molecule has 1 atom stereocenters. The second-order valence-electron chi connectivity index (χ2n) is 6.87. The molecule has 0 spiro atoms. The summed E-state index contributed by atoms with van der Waals surface area (Å²) in [4.78, 5) is 25.7. The highest BCUT2D eigenvalue weighted by molar-refractivity contribution is 5.99. The monoisotopic (exact) mass is 373 g/mol. The third kappa shape index (κ3) is 3.31. The van der Waals surface area contributed by atoms with E-state index in [4.69, 9.17) is 0 Å². The van der Waals surface area contributed by atoms with E-state index in [1.54, 1.807) is 4.90 Å². The Labute approximate surface area is 156 Å². The number of carbonyl (C=O) groups is 1. The van der Waals surface area contributed by atoms with E-state index in [-0.39, 0.29) is 18.5 Å². The summed E-state index contributed by atoms with van der Waals surface area (Å²) in [5.74, 6) is -0.376. The molecule has 0 bridgehead atoms. The average molecular weight is 373 g/mol. The molecule has 27 heavy (non-hydrogen) atoms. The van der Waals surface area contributed by atoms with E-state index < -0.39 is 11.6 Å². The van der Waals surface area contributed by atoms with Crippen LogP contribution in [0.25, 0.3) is 0 Å². The number of amides is 1. The van der Waals surface area contributed by atoms with Gasteiger partial charge >= 0.3 is 0 Å². The summed E-state index contributed by atoms with van der Waals surface area (Å²) in [6.45, 7) is 4.03. The Bertz CT molecular complexity index is 875. The van der Waals surface area contributed by atoms with Crippen LogP contribution < -0.4 is 10.2 Å². The molecule has 1 N–H and O–H groups in total. The fourth-order valence-corrected chi connectivity index (χ4v) is 3.79. The van der Waals surface area contributed by atoms with E-state index in [0.29, 0.717) is 36.0 Å². The zero-order valence-corrected chi connectivity index (χ0v) is 15.1. The normalized spacial score (nSPS) is 18.9. The molecule has 0 aliphatic carbocycles. The van der Waals surface area contributed by atoms with Gasteiger partial charge in [0.05, 0.1) is 0 Å². The van der Waals surface area contributed by atoms with E-state index in [0.717, 1.165) is 25.5 Å². The number of nitrogens with zero attached hydrogens (tertiary/aromatic N) is 4. The molecule has 8 heteroatoms. The third-order valence-electron chi connectivity index (χ3n) is 5.08. The number of halogens is 2. The Morgan fingerprint density at radius 2 is 2.19 bits per heavy atom. The molecule has 0 radical (unpaired) electrons. The van der Waals surface area contributed by atoms with Gasteiger partial charge in [-0.3, -0.25) is 4.79 Å². The van der Waals surface area contributed by atoms with Crippen molar-refractivity contribution in [3.05, 3.63) is 47.2 Å². The van der Waals surface area contributed by atoms with E-state index >= 15 is 0 Å². The van der Waals surface area contributed by atoms with Crippen LogP contribution in [0.15, 0.2) is 24.4 Å². The topological polar surface area (TPSA) is 61.4 Å². The lowest BCUT2D eigenvalue weighted by Crippen LogP contribution is -2.39. The van der Waals surface area contributed by atoms with Crippen molar-refractivity contribution < 1.29 is 13.6 Å². The molecule has 0 saturated carbocycles. The van der Waals surface area contributed by atoms with Gasteiger partial charge in [0.25, 0.3) is 5.91 Å². The van der Waals surface area contributed by atoms with Crippen molar-refractivity contribution in [2.45, 2.75) is 32.4 Å². The number of carbonyl (C=O) groups excluding carboxylic acids is 1. The number of aromatic nitrogens is 2. The average Bonchev–Trinajstić information content (AvgIpc) is 3.07. The van der Waals surface area contributed by atoms with Gasteiger partial charge in [-0.25, -0.2) is 13.8 Å². The van der Waals surface area contributed by atoms with Crippen LogP contribution in [-0.2, 0) is 6.54 Å². The van der Waals surface area contributed by atoms with E-state index in [2.05, 4.69) is 20.2 Å². The molecule has 1 aromatic heterocycles. The lowest BCUT2D eigenvalue weighted by atomic mass is 10.1. The zero-order valence-electron chi connectivity index (χ0n) is 15.1. The summed E-state index contributed by atoms with van der Waals surface area (Å²) in [6, 6.07) is 3.57. The fourth-order valence-electron chi connectivity index (χ4n) is 3.79. The molecule has 6 nitrogen and oxygen atoms in total. The first-order valence-corrected chi connectivity index (χ1v) is 9.17. The number of rotatable bonds is 4. The summed E-state index contributed by atoms with van der Waals surface area (Å²) < 4.78 is 27.3. The summed E-state index contributed by atoms with van der Waals surface area (Å²) in [5.41, 5.74) is 0.714. The first-order chi connectivity index (χ1) is 13.1. The minimum absolute atomic E-state index is 0.0870. The molecule has 1 saturated heterocycles. The Kier molecular flexibility index (Phi) is 4.63. The highest BCUT2D eigenvalue weighted by Gasteiger charge is 2.37. The van der Waals surface area contributed by atoms with Gasteiger partial charge in [-0.05, 0) is 25.8 Å². The van der Waals surface area contributed by atoms with Crippen LogP contribution >= 0.6 is 0 Å². The van der Waals surface area contributed by atoms with Gasteiger partial charge in [0.1, 0.15) is 23.0 Å². The Morgan fingerprint density at radius 3 is 2.96 bits per heavy atom. The predicted molar refractivity (Wildman–Crippen MR) is 97.7 cm³/mol. The van der Waals surface area contributed by atoms with Crippen LogP contribution in [0.2, 0.25) is 0 Å². The van der Waals surface area contributed by atoms with Gasteiger partial charge in [0.15, 0.2) is 0 Å². The number of benzene rings is 1. The van der Waals surface area contributed by atoms with Gasteiger partial charge in [0.2, 0.25) is 5.95 Å². The second-order valence-corrected chi connectivity index (χ2v) is 6.87. The smallest absolute Gasteiger partial charge is 0.259 e. The maximum Gasteiger partial charge on any atom is 0.259 e. The standard InChI is InChI=1S/C19H21F2N5O/c1-2-22-19-23-9-15-17(24-19)26-7-3-4-14(26)11-25(18(15)27)10-12-5-6-13(20)8-16(12)21/h5-6,8-9,14H,2-4,7,10-11H2,1H3,(H,22,23,24). The molecule has 1 unspecified atom stereocenters. The molecule has 1 amide bonds. The zero-order chi connectivity index (χ0) is 19.0. The summed E-state index contributed by atoms with van der Waals surface area (Å²) in [5, 5.41) is 3.08. The largest absolute Gasteiger partial charge is 0.354 e. The second kappa shape index (κ2) is 7.09. The minimum atomic E-state index is -0.644. The minimum Gasteiger partial charge on any atom is -0.354 e. The van der Waals surface area contributed by atoms with Gasteiger partial charge in [-0.1, -0.05) is 6.07 Å². The van der Waals surface area contributed by atoms with Crippen LogP contribution in [0, 0.1) is 11.6 Å². The van der Waals surface area contributed by atoms with Crippen LogP contribution in [0.1, 0.15) is 35.7 Å². The highest BCUT2D eigenvalue weighted by atomic mass is 19.1. The Hall–Kier alpha value is -2.77. The van der Waals surface area contributed by atoms with Crippen molar-refractivity contribution in [1.29, 1.82) is 0 Å². The molecular weight excluding hydrogens is 352 g/mol. The molecular formula is C19H21F2N5O. The van der Waals surface area contributed by atoms with Crippen LogP contribution in [0.3, 0.4) is 0 Å². The molecule has 2 aromatic rings. The summed E-state index contributed by atoms with van der Waals surface area (Å²) in [6.07, 6.45) is 3.49. The first kappa shape index (κ1) is 17.6. The molecule has 3 heterocycles. The van der Waals surface area contributed by atoms with Gasteiger partial charge in [-0.2, -0.15) is 4.98 Å². The SMILES string of the molecule is CCNc1ncc2c(n1)N1CCCC1CN(Cc1ccc(F)cc1F)C2=O. The van der Waals surface area contributed by atoms with Crippen molar-refractivity contribution in [2.75, 3.05) is 29.9 Å². The maximum atomic E-state index is 14.1. The highest BCUT2D eigenvalue weighted by Crippen LogP contribution is 2.32. The lowest BCUT2D eigenvalue weighted by Gasteiger charge is -2.27. The number of hydrogen-bond acceptors (Lipinski definition) is 5. The molecule has 2 aliphatic rings. The maximum absolute atomic E-state index is 14.1. The van der Waals surface area contributed by atoms with Crippen molar-refractivity contribution in [2.24, 2.45) is 0 Å². The lowest BCUT2D eigenvalue weighted by molar-refractivity contribution is 0.0740. The number of nitrogens with one attached hydrogen (secondary N) is 1. The van der Waals surface area contributed by atoms with Crippen molar-refractivity contribution in [3.63, 3.8) is 0 Å². The van der Waals surface area contributed by atoms with Gasteiger partial charge < -0.3 is 15.1 Å². The van der Waals surface area contributed by atoms with Gasteiger partial charge in [0, 0.05) is 50.0 Å². The first-order valence-electron chi connectivity index (χ1n) is 9.17. The fraction of sp³-hybridized carbons (Fsp3) is 0.421. The quantitative estimate of drug-likeness (QED) is 0.893. The van der Waals surface area contributed by atoms with E-state index in [1.807, 2.05) is 6.92 Å². The van der Waals surface area contributed by atoms with Crippen LogP contribution in [-0.4, -0.2) is 46.5 Å². The summed E-state index contributed by atoms with van der Waals surface area (Å²) >= 11 is 0. The van der Waals surface area contributed by atoms with E-state index in [9.17, 15) is 13.6 Å². The number of hydrogen-bond donors (Lipinski definition) is 1. The molecule has 4 rings (SSSR count). The third-order valence-corrected chi connectivity index (χ3v) is 5.08. The van der Waals surface area contributed by atoms with Crippen molar-refractivity contribution >= 4 is 17.7 Å². The molecule has 1 aromatic carbocycles.